The van der Waals surface area contributed by atoms with Crippen molar-refractivity contribution in [3.63, 3.8) is 0 Å². The van der Waals surface area contributed by atoms with Crippen molar-refractivity contribution in [1.82, 2.24) is 0 Å². The van der Waals surface area contributed by atoms with Crippen molar-refractivity contribution in [3.8, 4) is 11.5 Å². The second-order valence-electron chi connectivity index (χ2n) is 9.56. The van der Waals surface area contributed by atoms with Gasteiger partial charge in [-0.15, -0.1) is 0 Å². The minimum Gasteiger partial charge on any atom is -0.508 e. The molecule has 1 aromatic carbocycles. The Morgan fingerprint density at radius 3 is 2.00 bits per heavy atom. The van der Waals surface area contributed by atoms with Crippen molar-refractivity contribution in [1.29, 1.82) is 0 Å². The highest BCUT2D eigenvalue weighted by atomic mass is 16.3. The molecule has 2 N–H and O–H groups in total. The van der Waals surface area contributed by atoms with Gasteiger partial charge in [-0.3, -0.25) is 0 Å². The molecule has 2 nitrogen and oxygen atoms in total. The van der Waals surface area contributed by atoms with Gasteiger partial charge >= 0.3 is 0 Å². The zero-order chi connectivity index (χ0) is 19.1. The Bertz CT molecular complexity index is 524. The zero-order valence-electron chi connectivity index (χ0n) is 17.4. The summed E-state index contributed by atoms with van der Waals surface area (Å²) in [5.41, 5.74) is 2.48. The van der Waals surface area contributed by atoms with Gasteiger partial charge in [0.1, 0.15) is 11.5 Å². The third-order valence-electron chi connectivity index (χ3n) is 5.45. The van der Waals surface area contributed by atoms with Crippen molar-refractivity contribution in [2.75, 3.05) is 0 Å². The first-order chi connectivity index (χ1) is 11.6. The number of aromatic hydroxyl groups is 2. The Kier molecular flexibility index (Phi) is 8.31. The summed E-state index contributed by atoms with van der Waals surface area (Å²) in [4.78, 5) is 0. The average molecular weight is 349 g/mol. The third-order valence-corrected chi connectivity index (χ3v) is 5.45. The van der Waals surface area contributed by atoms with Crippen LogP contribution in [0.4, 0.5) is 0 Å². The van der Waals surface area contributed by atoms with Gasteiger partial charge in [0.05, 0.1) is 0 Å². The average Bonchev–Trinajstić information content (AvgIpc) is 2.51. The van der Waals surface area contributed by atoms with Gasteiger partial charge in [-0.25, -0.2) is 0 Å². The SMILES string of the molecule is CCC(C)(C)CCCCc1ccc(O)c(CCCCC(C)(C)C)c1O. The van der Waals surface area contributed by atoms with E-state index in [9.17, 15) is 10.2 Å². The molecule has 0 aromatic heterocycles. The lowest BCUT2D eigenvalue weighted by Crippen LogP contribution is -2.09. The standard InChI is InChI=1S/C23H40O2/c1-7-23(5,6)17-11-8-12-18-14-15-20(24)19(21(18)25)13-9-10-16-22(2,3)4/h14-15,24-25H,7-13,16-17H2,1-6H3. The van der Waals surface area contributed by atoms with Crippen LogP contribution in [0.2, 0.25) is 0 Å². The van der Waals surface area contributed by atoms with E-state index in [1.807, 2.05) is 6.07 Å². The number of hydrogen-bond donors (Lipinski definition) is 2. The normalized spacial score (nSPS) is 12.6. The molecule has 0 aliphatic rings. The summed E-state index contributed by atoms with van der Waals surface area (Å²) in [7, 11) is 0. The lowest BCUT2D eigenvalue weighted by Gasteiger charge is -2.22. The van der Waals surface area contributed by atoms with E-state index in [-0.39, 0.29) is 5.75 Å². The lowest BCUT2D eigenvalue weighted by atomic mass is 9.84. The van der Waals surface area contributed by atoms with E-state index < -0.39 is 0 Å². The molecule has 0 amide bonds. The maximum Gasteiger partial charge on any atom is 0.125 e. The van der Waals surface area contributed by atoms with Gasteiger partial charge in [-0.1, -0.05) is 66.9 Å². The number of unbranched alkanes of at least 4 members (excludes halogenated alkanes) is 2. The zero-order valence-corrected chi connectivity index (χ0v) is 17.4. The van der Waals surface area contributed by atoms with Crippen LogP contribution in [0.1, 0.15) is 97.6 Å². The smallest absolute Gasteiger partial charge is 0.125 e. The number of phenolic OH excluding ortho intramolecular Hbond substituents is 2. The highest BCUT2D eigenvalue weighted by Crippen LogP contribution is 2.34. The number of hydrogen-bond acceptors (Lipinski definition) is 2. The maximum absolute atomic E-state index is 10.6. The second kappa shape index (κ2) is 9.50. The summed E-state index contributed by atoms with van der Waals surface area (Å²) in [6.45, 7) is 13.6. The second-order valence-corrected chi connectivity index (χ2v) is 9.56. The Morgan fingerprint density at radius 1 is 0.800 bits per heavy atom. The van der Waals surface area contributed by atoms with Crippen molar-refractivity contribution >= 4 is 0 Å². The molecule has 0 fully saturated rings. The molecule has 0 radical (unpaired) electrons. The van der Waals surface area contributed by atoms with E-state index in [0.29, 0.717) is 16.6 Å². The molecule has 0 unspecified atom stereocenters. The Morgan fingerprint density at radius 2 is 1.40 bits per heavy atom. The van der Waals surface area contributed by atoms with Crippen LogP contribution in [-0.4, -0.2) is 10.2 Å². The first kappa shape index (κ1) is 21.9. The molecular formula is C23H40O2. The predicted octanol–water partition coefficient (Wildman–Crippen LogP) is 7.01. The molecule has 2 heteroatoms. The summed E-state index contributed by atoms with van der Waals surface area (Å²) >= 11 is 0. The van der Waals surface area contributed by atoms with Crippen molar-refractivity contribution in [3.05, 3.63) is 23.3 Å². The highest BCUT2D eigenvalue weighted by molar-refractivity contribution is 5.48. The Hall–Kier alpha value is -1.18. The summed E-state index contributed by atoms with van der Waals surface area (Å²) in [5, 5.41) is 20.7. The van der Waals surface area contributed by atoms with Crippen molar-refractivity contribution < 1.29 is 10.2 Å². The minimum atomic E-state index is 0.240. The van der Waals surface area contributed by atoms with Crippen LogP contribution < -0.4 is 0 Å². The number of rotatable bonds is 10. The topological polar surface area (TPSA) is 40.5 Å². The third kappa shape index (κ3) is 8.16. The van der Waals surface area contributed by atoms with Crippen LogP contribution >= 0.6 is 0 Å². The molecule has 0 spiro atoms. The van der Waals surface area contributed by atoms with Crippen molar-refractivity contribution in [2.45, 2.75) is 99.3 Å². The molecule has 144 valence electrons. The summed E-state index contributed by atoms with van der Waals surface area (Å²) in [6.07, 6.45) is 9.64. The fraction of sp³-hybridized carbons (Fsp3) is 0.739. The van der Waals surface area contributed by atoms with Crippen LogP contribution in [0.25, 0.3) is 0 Å². The molecule has 1 aromatic rings. The Labute approximate surface area is 155 Å². The van der Waals surface area contributed by atoms with Crippen LogP contribution in [-0.2, 0) is 12.8 Å². The molecule has 0 atom stereocenters. The summed E-state index contributed by atoms with van der Waals surface area (Å²) < 4.78 is 0. The number of aryl methyl sites for hydroxylation is 1. The predicted molar refractivity (Wildman–Crippen MR) is 108 cm³/mol. The van der Waals surface area contributed by atoms with E-state index in [4.69, 9.17) is 0 Å². The lowest BCUT2D eigenvalue weighted by molar-refractivity contribution is 0.309. The molecule has 0 heterocycles. The van der Waals surface area contributed by atoms with Gasteiger partial charge in [0.25, 0.3) is 0 Å². The summed E-state index contributed by atoms with van der Waals surface area (Å²) in [5.74, 6) is 0.564. The van der Waals surface area contributed by atoms with E-state index >= 15 is 0 Å². The molecule has 0 saturated carbocycles. The van der Waals surface area contributed by atoms with Crippen molar-refractivity contribution in [2.24, 2.45) is 10.8 Å². The first-order valence-corrected chi connectivity index (χ1v) is 10.1. The Balaban J connectivity index is 2.56. The van der Waals surface area contributed by atoms with Crippen LogP contribution in [0.15, 0.2) is 12.1 Å². The molecule has 0 aliphatic heterocycles. The van der Waals surface area contributed by atoms with E-state index in [2.05, 4.69) is 41.5 Å². The monoisotopic (exact) mass is 348 g/mol. The maximum atomic E-state index is 10.6. The fourth-order valence-electron chi connectivity index (χ4n) is 3.18. The summed E-state index contributed by atoms with van der Waals surface area (Å²) in [6, 6.07) is 3.64. The molecular weight excluding hydrogens is 308 g/mol. The van der Waals surface area contributed by atoms with Gasteiger partial charge in [0, 0.05) is 5.56 Å². The van der Waals surface area contributed by atoms with E-state index in [1.165, 1.54) is 25.7 Å². The molecule has 25 heavy (non-hydrogen) atoms. The quantitative estimate of drug-likeness (QED) is 0.447. The van der Waals surface area contributed by atoms with E-state index in [1.54, 1.807) is 6.07 Å². The van der Waals surface area contributed by atoms with Crippen LogP contribution in [0.5, 0.6) is 11.5 Å². The van der Waals surface area contributed by atoms with Gasteiger partial charge in [-0.05, 0) is 61.0 Å². The van der Waals surface area contributed by atoms with Gasteiger partial charge in [0.2, 0.25) is 0 Å². The largest absolute Gasteiger partial charge is 0.508 e. The minimum absolute atomic E-state index is 0.240. The molecule has 0 bridgehead atoms. The van der Waals surface area contributed by atoms with E-state index in [0.717, 1.165) is 43.2 Å². The molecule has 0 aliphatic carbocycles. The highest BCUT2D eigenvalue weighted by Gasteiger charge is 2.16. The van der Waals surface area contributed by atoms with Gasteiger partial charge < -0.3 is 10.2 Å². The van der Waals surface area contributed by atoms with Crippen LogP contribution in [0, 0.1) is 10.8 Å². The van der Waals surface area contributed by atoms with Crippen LogP contribution in [0.3, 0.4) is 0 Å². The molecule has 0 saturated heterocycles. The van der Waals surface area contributed by atoms with Gasteiger partial charge in [0.15, 0.2) is 0 Å². The number of benzene rings is 1. The fourth-order valence-corrected chi connectivity index (χ4v) is 3.18. The molecule has 1 rings (SSSR count). The van der Waals surface area contributed by atoms with Gasteiger partial charge in [-0.2, -0.15) is 0 Å². The first-order valence-electron chi connectivity index (χ1n) is 10.1. The number of phenols is 2.